The van der Waals surface area contributed by atoms with E-state index in [1.807, 2.05) is 42.5 Å². The molecule has 0 spiro atoms. The Morgan fingerprint density at radius 1 is 0.783 bits per heavy atom. The van der Waals surface area contributed by atoms with Gasteiger partial charge in [-0.1, -0.05) is 30.3 Å². The first-order valence-corrected chi connectivity index (χ1v) is 7.93. The Hall–Kier alpha value is -2.20. The van der Waals surface area contributed by atoms with Gasteiger partial charge in [-0.2, -0.15) is 0 Å². The number of para-hydroxylation sites is 3. The van der Waals surface area contributed by atoms with Crippen LogP contribution in [0.5, 0.6) is 17.2 Å². The number of methoxy groups -OCH3 is 2. The first-order chi connectivity index (χ1) is 11.3. The average Bonchev–Trinajstić information content (AvgIpc) is 2.61. The third-order valence-corrected chi connectivity index (χ3v) is 3.60. The van der Waals surface area contributed by atoms with Gasteiger partial charge in [-0.05, 0) is 43.1 Å². The molecule has 124 valence electrons. The summed E-state index contributed by atoms with van der Waals surface area (Å²) in [6, 6.07) is 15.9. The van der Waals surface area contributed by atoms with Crippen molar-refractivity contribution in [2.75, 3.05) is 33.9 Å². The van der Waals surface area contributed by atoms with Crippen molar-refractivity contribution in [1.82, 2.24) is 5.32 Å². The van der Waals surface area contributed by atoms with Crippen molar-refractivity contribution in [2.24, 2.45) is 0 Å². The van der Waals surface area contributed by atoms with Crippen molar-refractivity contribution in [3.63, 3.8) is 0 Å². The summed E-state index contributed by atoms with van der Waals surface area (Å²) in [5, 5.41) is 3.39. The second-order valence-electron chi connectivity index (χ2n) is 5.16. The molecule has 2 rings (SSSR count). The Balaban J connectivity index is 1.61. The molecule has 0 aliphatic heterocycles. The van der Waals surface area contributed by atoms with Crippen molar-refractivity contribution >= 4 is 0 Å². The zero-order valence-corrected chi connectivity index (χ0v) is 13.9. The van der Waals surface area contributed by atoms with Crippen molar-refractivity contribution < 1.29 is 14.2 Å². The second-order valence-corrected chi connectivity index (χ2v) is 5.16. The normalized spacial score (nSPS) is 10.3. The maximum Gasteiger partial charge on any atom is 0.161 e. The van der Waals surface area contributed by atoms with E-state index in [2.05, 4.69) is 11.4 Å². The Kier molecular flexibility index (Phi) is 7.27. The molecule has 4 nitrogen and oxygen atoms in total. The largest absolute Gasteiger partial charge is 0.496 e. The monoisotopic (exact) mass is 315 g/mol. The van der Waals surface area contributed by atoms with Gasteiger partial charge in [-0.25, -0.2) is 0 Å². The third-order valence-electron chi connectivity index (χ3n) is 3.60. The molecule has 4 heteroatoms. The minimum atomic E-state index is 0.620. The first kappa shape index (κ1) is 17.2. The summed E-state index contributed by atoms with van der Waals surface area (Å²) in [6.07, 6.45) is 2.07. The number of hydrogen-bond donors (Lipinski definition) is 1. The molecule has 2 aromatic rings. The van der Waals surface area contributed by atoms with Crippen molar-refractivity contribution in [3.8, 4) is 17.2 Å². The zero-order chi connectivity index (χ0) is 16.3. The van der Waals surface area contributed by atoms with E-state index in [-0.39, 0.29) is 0 Å². The molecule has 0 saturated heterocycles. The standard InChI is InChI=1S/C19H25NO3/c1-21-17-10-4-3-8-16(17)9-7-13-20-14-15-23-19-12-6-5-11-18(19)22-2/h3-6,8,10-12,20H,7,9,13-15H2,1-2H3. The van der Waals surface area contributed by atoms with Crippen LogP contribution in [-0.2, 0) is 6.42 Å². The van der Waals surface area contributed by atoms with Crippen LogP contribution in [0.25, 0.3) is 0 Å². The molecule has 0 saturated carbocycles. The number of rotatable bonds is 10. The highest BCUT2D eigenvalue weighted by Gasteiger charge is 2.02. The number of benzene rings is 2. The maximum absolute atomic E-state index is 5.72. The average molecular weight is 315 g/mol. The van der Waals surface area contributed by atoms with E-state index in [1.165, 1.54) is 5.56 Å². The lowest BCUT2D eigenvalue weighted by Gasteiger charge is -2.11. The summed E-state index contributed by atoms with van der Waals surface area (Å²) in [6.45, 7) is 2.38. The molecule has 2 aromatic carbocycles. The van der Waals surface area contributed by atoms with Crippen molar-refractivity contribution in [3.05, 3.63) is 54.1 Å². The molecule has 23 heavy (non-hydrogen) atoms. The van der Waals surface area contributed by atoms with Gasteiger partial charge < -0.3 is 19.5 Å². The number of hydrogen-bond acceptors (Lipinski definition) is 4. The van der Waals surface area contributed by atoms with Crippen LogP contribution >= 0.6 is 0 Å². The zero-order valence-electron chi connectivity index (χ0n) is 13.9. The van der Waals surface area contributed by atoms with E-state index < -0.39 is 0 Å². The molecule has 0 atom stereocenters. The highest BCUT2D eigenvalue weighted by Crippen LogP contribution is 2.25. The summed E-state index contributed by atoms with van der Waals surface area (Å²) >= 11 is 0. The molecule has 0 radical (unpaired) electrons. The van der Waals surface area contributed by atoms with Gasteiger partial charge in [0, 0.05) is 6.54 Å². The fourth-order valence-electron chi connectivity index (χ4n) is 2.41. The van der Waals surface area contributed by atoms with Gasteiger partial charge in [0.1, 0.15) is 12.4 Å². The summed E-state index contributed by atoms with van der Waals surface area (Å²) in [7, 11) is 3.37. The van der Waals surface area contributed by atoms with E-state index in [4.69, 9.17) is 14.2 Å². The van der Waals surface area contributed by atoms with E-state index in [9.17, 15) is 0 Å². The molecular weight excluding hydrogens is 290 g/mol. The van der Waals surface area contributed by atoms with E-state index in [1.54, 1.807) is 14.2 Å². The highest BCUT2D eigenvalue weighted by molar-refractivity contribution is 5.39. The third kappa shape index (κ3) is 5.49. The molecule has 0 aromatic heterocycles. The summed E-state index contributed by atoms with van der Waals surface area (Å²) in [5.74, 6) is 2.52. The van der Waals surface area contributed by atoms with E-state index in [0.717, 1.165) is 43.2 Å². The fraction of sp³-hybridized carbons (Fsp3) is 0.368. The number of ether oxygens (including phenoxy) is 3. The van der Waals surface area contributed by atoms with Crippen LogP contribution in [0.2, 0.25) is 0 Å². The summed E-state index contributed by atoms with van der Waals surface area (Å²) in [4.78, 5) is 0. The highest BCUT2D eigenvalue weighted by atomic mass is 16.5. The fourth-order valence-corrected chi connectivity index (χ4v) is 2.41. The van der Waals surface area contributed by atoms with Gasteiger partial charge in [0.15, 0.2) is 11.5 Å². The molecule has 0 amide bonds. The molecular formula is C19H25NO3. The quantitative estimate of drug-likeness (QED) is 0.683. The Morgan fingerprint density at radius 3 is 2.17 bits per heavy atom. The van der Waals surface area contributed by atoms with E-state index in [0.29, 0.717) is 6.61 Å². The van der Waals surface area contributed by atoms with Crippen LogP contribution in [0, 0.1) is 0 Å². The van der Waals surface area contributed by atoms with Crippen LogP contribution in [0.3, 0.4) is 0 Å². The van der Waals surface area contributed by atoms with Crippen molar-refractivity contribution in [2.45, 2.75) is 12.8 Å². The van der Waals surface area contributed by atoms with E-state index >= 15 is 0 Å². The van der Waals surface area contributed by atoms with Gasteiger partial charge in [0.2, 0.25) is 0 Å². The minimum Gasteiger partial charge on any atom is -0.496 e. The van der Waals surface area contributed by atoms with Gasteiger partial charge >= 0.3 is 0 Å². The number of aryl methyl sites for hydroxylation is 1. The molecule has 0 aliphatic carbocycles. The number of nitrogens with one attached hydrogen (secondary N) is 1. The molecule has 1 N–H and O–H groups in total. The van der Waals surface area contributed by atoms with Crippen LogP contribution in [-0.4, -0.2) is 33.9 Å². The second kappa shape index (κ2) is 9.74. The van der Waals surface area contributed by atoms with Crippen LogP contribution in [0.4, 0.5) is 0 Å². The molecule has 0 bridgehead atoms. The Morgan fingerprint density at radius 2 is 1.43 bits per heavy atom. The van der Waals surface area contributed by atoms with Crippen LogP contribution in [0.1, 0.15) is 12.0 Å². The van der Waals surface area contributed by atoms with Crippen LogP contribution < -0.4 is 19.5 Å². The Labute approximate surface area is 138 Å². The first-order valence-electron chi connectivity index (χ1n) is 7.93. The van der Waals surface area contributed by atoms with Crippen molar-refractivity contribution in [1.29, 1.82) is 0 Å². The lowest BCUT2D eigenvalue weighted by atomic mass is 10.1. The van der Waals surface area contributed by atoms with Gasteiger partial charge in [0.25, 0.3) is 0 Å². The van der Waals surface area contributed by atoms with Crippen LogP contribution in [0.15, 0.2) is 48.5 Å². The summed E-state index contributed by atoms with van der Waals surface area (Å²) < 4.78 is 16.3. The van der Waals surface area contributed by atoms with Gasteiger partial charge in [-0.15, -0.1) is 0 Å². The lowest BCUT2D eigenvalue weighted by Crippen LogP contribution is -2.22. The summed E-state index contributed by atoms with van der Waals surface area (Å²) in [5.41, 5.74) is 1.25. The Bertz CT molecular complexity index is 535. The molecule has 0 aliphatic rings. The topological polar surface area (TPSA) is 39.7 Å². The van der Waals surface area contributed by atoms with Gasteiger partial charge in [0.05, 0.1) is 14.2 Å². The SMILES string of the molecule is COc1ccccc1CCCNCCOc1ccccc1OC. The molecule has 0 fully saturated rings. The smallest absolute Gasteiger partial charge is 0.161 e. The molecule has 0 heterocycles. The maximum atomic E-state index is 5.72. The minimum absolute atomic E-state index is 0.620. The predicted octanol–water partition coefficient (Wildman–Crippen LogP) is 3.31. The predicted molar refractivity (Wildman–Crippen MR) is 92.7 cm³/mol. The van der Waals surface area contributed by atoms with Gasteiger partial charge in [-0.3, -0.25) is 0 Å². The molecule has 0 unspecified atom stereocenters. The lowest BCUT2D eigenvalue weighted by molar-refractivity contribution is 0.292.